The predicted octanol–water partition coefficient (Wildman–Crippen LogP) is 3.70. The van der Waals surface area contributed by atoms with Gasteiger partial charge in [-0.1, -0.05) is 30.0 Å². The van der Waals surface area contributed by atoms with Crippen LogP contribution in [-0.4, -0.2) is 41.4 Å². The molecule has 7 heteroatoms. The van der Waals surface area contributed by atoms with Crippen LogP contribution in [0.25, 0.3) is 6.08 Å². The van der Waals surface area contributed by atoms with E-state index >= 15 is 0 Å². The highest BCUT2D eigenvalue weighted by molar-refractivity contribution is 8.13. The Morgan fingerprint density at radius 1 is 1.28 bits per heavy atom. The summed E-state index contributed by atoms with van der Waals surface area (Å²) < 4.78 is 17.4. The maximum atomic E-state index is 11.4. The summed E-state index contributed by atoms with van der Waals surface area (Å²) in [4.78, 5) is 11.4. The van der Waals surface area contributed by atoms with Crippen LogP contribution in [0.15, 0.2) is 23.7 Å². The molecule has 1 aliphatic heterocycles. The molecular weight excluding hydrogens is 339 g/mol. The normalized spacial score (nSPS) is 19.1. The van der Waals surface area contributed by atoms with Crippen molar-refractivity contribution in [2.45, 2.75) is 45.8 Å². The van der Waals surface area contributed by atoms with E-state index in [9.17, 15) is 9.90 Å². The summed E-state index contributed by atoms with van der Waals surface area (Å²) in [5, 5.41) is 10.3. The lowest BCUT2D eigenvalue weighted by atomic mass is 9.78. The topological polar surface area (TPSA) is 65.0 Å². The molecule has 0 bridgehead atoms. The van der Waals surface area contributed by atoms with Gasteiger partial charge in [0.15, 0.2) is 16.6 Å². The van der Waals surface area contributed by atoms with E-state index in [0.29, 0.717) is 17.1 Å². The minimum absolute atomic E-state index is 0.0114. The number of aromatic hydroxyl groups is 1. The van der Waals surface area contributed by atoms with Gasteiger partial charge >= 0.3 is 7.12 Å². The van der Waals surface area contributed by atoms with Crippen molar-refractivity contribution in [3.05, 3.63) is 29.2 Å². The molecule has 2 rings (SSSR count). The van der Waals surface area contributed by atoms with Gasteiger partial charge in [-0.2, -0.15) is 0 Å². The van der Waals surface area contributed by atoms with Crippen LogP contribution in [0, 0.1) is 0 Å². The molecule has 0 atom stereocenters. The Kier molecular flexibility index (Phi) is 5.91. The first-order valence-electron chi connectivity index (χ1n) is 8.13. The summed E-state index contributed by atoms with van der Waals surface area (Å²) in [6, 6.07) is 5.26. The molecule has 0 aliphatic carbocycles. The second-order valence-electron chi connectivity index (χ2n) is 6.99. The molecule has 5 nitrogen and oxygen atoms in total. The quantitative estimate of drug-likeness (QED) is 0.804. The lowest BCUT2D eigenvalue weighted by molar-refractivity contribution is -0.109. The largest absolute Gasteiger partial charge is 0.504 e. The van der Waals surface area contributed by atoms with Crippen molar-refractivity contribution >= 4 is 30.1 Å². The number of hydrogen-bond donors (Lipinski definition) is 1. The zero-order valence-electron chi connectivity index (χ0n) is 15.6. The van der Waals surface area contributed by atoms with Crippen molar-refractivity contribution in [2.24, 2.45) is 0 Å². The Morgan fingerprint density at radius 3 is 2.40 bits per heavy atom. The average Bonchev–Trinajstić information content (AvgIpc) is 2.73. The number of phenols is 1. The molecule has 1 aliphatic rings. The van der Waals surface area contributed by atoms with Gasteiger partial charge in [0.25, 0.3) is 0 Å². The second kappa shape index (κ2) is 7.44. The number of rotatable bonds is 5. The molecule has 0 saturated carbocycles. The van der Waals surface area contributed by atoms with E-state index in [1.807, 2.05) is 27.7 Å². The van der Waals surface area contributed by atoms with Crippen LogP contribution in [0.3, 0.4) is 0 Å². The second-order valence-corrected chi connectivity index (χ2v) is 8.14. The lowest BCUT2D eigenvalue weighted by Gasteiger charge is -2.32. The fraction of sp³-hybridized carbons (Fsp3) is 0.500. The summed E-state index contributed by atoms with van der Waals surface area (Å²) in [6.07, 6.45) is 1.80. The summed E-state index contributed by atoms with van der Waals surface area (Å²) in [5.74, 6) is 0.857. The van der Waals surface area contributed by atoms with E-state index in [4.69, 9.17) is 14.0 Å². The summed E-state index contributed by atoms with van der Waals surface area (Å²) in [7, 11) is 0.922. The van der Waals surface area contributed by atoms with E-state index < -0.39 is 18.3 Å². The molecule has 1 N–H and O–H groups in total. The standard InChI is InChI=1S/C18H25BO5S/c1-12(20)25-11-14(19-23-17(2,3)18(4,5)24-19)10-13-8-7-9-15(22-6)16(13)21/h7-10,21H,11H2,1-6H3. The van der Waals surface area contributed by atoms with E-state index in [-0.39, 0.29) is 10.9 Å². The number of carbonyl (C=O) groups excluding carboxylic acids is 1. The third-order valence-electron chi connectivity index (χ3n) is 4.59. The molecule has 1 heterocycles. The van der Waals surface area contributed by atoms with E-state index in [0.717, 1.165) is 5.47 Å². The van der Waals surface area contributed by atoms with Crippen molar-refractivity contribution in [3.8, 4) is 11.5 Å². The summed E-state index contributed by atoms with van der Waals surface area (Å²) in [6.45, 7) is 9.44. The lowest BCUT2D eigenvalue weighted by Crippen LogP contribution is -2.41. The monoisotopic (exact) mass is 364 g/mol. The number of ether oxygens (including phenoxy) is 1. The molecule has 1 aromatic rings. The van der Waals surface area contributed by atoms with Crippen molar-refractivity contribution in [3.63, 3.8) is 0 Å². The number of hydrogen-bond acceptors (Lipinski definition) is 6. The summed E-state index contributed by atoms with van der Waals surface area (Å²) in [5.41, 5.74) is 0.415. The molecule has 1 fully saturated rings. The van der Waals surface area contributed by atoms with Crippen LogP contribution in [0.2, 0.25) is 0 Å². The smallest absolute Gasteiger partial charge is 0.491 e. The third-order valence-corrected chi connectivity index (χ3v) is 5.47. The Morgan fingerprint density at radius 2 is 1.88 bits per heavy atom. The van der Waals surface area contributed by atoms with Crippen LogP contribution in [-0.2, 0) is 14.1 Å². The first-order chi connectivity index (χ1) is 11.6. The SMILES string of the molecule is COc1cccc(C=C(CSC(C)=O)B2OC(C)(C)C(C)(C)O2)c1O. The molecule has 0 spiro atoms. The van der Waals surface area contributed by atoms with Crippen LogP contribution in [0.1, 0.15) is 40.2 Å². The zero-order chi connectivity index (χ0) is 18.8. The van der Waals surface area contributed by atoms with Gasteiger partial charge in [-0.15, -0.1) is 0 Å². The van der Waals surface area contributed by atoms with Crippen molar-refractivity contribution in [1.82, 2.24) is 0 Å². The Labute approximate surface area is 153 Å². The number of benzene rings is 1. The molecule has 0 aromatic heterocycles. The van der Waals surface area contributed by atoms with Gasteiger partial charge in [-0.25, -0.2) is 0 Å². The molecule has 0 amide bonds. The first kappa shape index (κ1) is 19.9. The number of para-hydroxylation sites is 1. The highest BCUT2D eigenvalue weighted by atomic mass is 32.2. The number of phenolic OH excluding ortho intramolecular Hbond substituents is 1. The molecule has 25 heavy (non-hydrogen) atoms. The van der Waals surface area contributed by atoms with E-state index in [2.05, 4.69) is 0 Å². The minimum Gasteiger partial charge on any atom is -0.504 e. The predicted molar refractivity (Wildman–Crippen MR) is 102 cm³/mol. The summed E-state index contributed by atoms with van der Waals surface area (Å²) >= 11 is 1.18. The van der Waals surface area contributed by atoms with Gasteiger partial charge in [0, 0.05) is 18.2 Å². The molecule has 0 radical (unpaired) electrons. The maximum Gasteiger partial charge on any atom is 0.491 e. The van der Waals surface area contributed by atoms with Crippen molar-refractivity contribution < 1.29 is 23.9 Å². The fourth-order valence-electron chi connectivity index (χ4n) is 2.38. The number of carbonyl (C=O) groups is 1. The average molecular weight is 364 g/mol. The Hall–Kier alpha value is -1.44. The molecule has 136 valence electrons. The minimum atomic E-state index is -0.581. The van der Waals surface area contributed by atoms with Gasteiger partial charge in [0.05, 0.1) is 18.3 Å². The maximum absolute atomic E-state index is 11.4. The van der Waals surface area contributed by atoms with E-state index in [1.54, 1.807) is 24.3 Å². The van der Waals surface area contributed by atoms with Gasteiger partial charge in [0.2, 0.25) is 0 Å². The highest BCUT2D eigenvalue weighted by Crippen LogP contribution is 2.40. The van der Waals surface area contributed by atoms with Crippen LogP contribution < -0.4 is 4.74 Å². The van der Waals surface area contributed by atoms with Crippen LogP contribution >= 0.6 is 11.8 Å². The van der Waals surface area contributed by atoms with Crippen LogP contribution in [0.5, 0.6) is 11.5 Å². The van der Waals surface area contributed by atoms with Crippen molar-refractivity contribution in [1.29, 1.82) is 0 Å². The molecular formula is C18H25BO5S. The van der Waals surface area contributed by atoms with Gasteiger partial charge < -0.3 is 19.2 Å². The van der Waals surface area contributed by atoms with Crippen LogP contribution in [0.4, 0.5) is 0 Å². The number of methoxy groups -OCH3 is 1. The van der Waals surface area contributed by atoms with Gasteiger partial charge in [0.1, 0.15) is 0 Å². The van der Waals surface area contributed by atoms with Gasteiger partial charge in [-0.3, -0.25) is 4.79 Å². The van der Waals surface area contributed by atoms with Crippen molar-refractivity contribution in [2.75, 3.05) is 12.9 Å². The highest BCUT2D eigenvalue weighted by Gasteiger charge is 2.52. The molecule has 1 aromatic carbocycles. The first-order valence-corrected chi connectivity index (χ1v) is 9.11. The Balaban J connectivity index is 2.39. The van der Waals surface area contributed by atoms with Gasteiger partial charge in [-0.05, 0) is 39.2 Å². The molecule has 0 unspecified atom stereocenters. The van der Waals surface area contributed by atoms with E-state index in [1.165, 1.54) is 25.8 Å². The Bertz CT molecular complexity index is 668. The molecule has 1 saturated heterocycles. The fourth-order valence-corrected chi connectivity index (χ4v) is 2.97. The third kappa shape index (κ3) is 4.40. The number of thioether (sulfide) groups is 1. The zero-order valence-corrected chi connectivity index (χ0v) is 16.4.